The van der Waals surface area contributed by atoms with Crippen LogP contribution in [0, 0.1) is 6.92 Å². The average molecular weight is 207 g/mol. The molecule has 0 aliphatic carbocycles. The van der Waals surface area contributed by atoms with E-state index in [0.717, 1.165) is 6.08 Å². The number of aryl methyl sites for hydroxylation is 1. The van der Waals surface area contributed by atoms with Gasteiger partial charge in [-0.1, -0.05) is 6.07 Å². The number of aromatic hydroxyl groups is 1. The van der Waals surface area contributed by atoms with E-state index in [-0.39, 0.29) is 16.3 Å². The molecule has 0 aromatic heterocycles. The first kappa shape index (κ1) is 9.67. The van der Waals surface area contributed by atoms with Gasteiger partial charge in [-0.15, -0.1) is 0 Å². The minimum absolute atomic E-state index is 0.0478. The first-order valence-corrected chi connectivity index (χ1v) is 4.31. The summed E-state index contributed by atoms with van der Waals surface area (Å²) in [5.41, 5.74) is -1.65. The van der Waals surface area contributed by atoms with Gasteiger partial charge in [-0.2, -0.15) is 0 Å². The third kappa shape index (κ3) is 1.28. The number of rotatable bonds is 1. The Bertz CT molecular complexity index is 564. The summed E-state index contributed by atoms with van der Waals surface area (Å²) in [4.78, 5) is 14.4. The van der Waals surface area contributed by atoms with Crippen LogP contribution >= 0.6 is 0 Å². The molecule has 0 saturated heterocycles. The Morgan fingerprint density at radius 2 is 2.13 bits per heavy atom. The van der Waals surface area contributed by atoms with Gasteiger partial charge in [0.25, 0.3) is 5.72 Å². The number of carbonyl (C=O) groups is 1. The Labute approximate surface area is 84.6 Å². The molecule has 0 bridgehead atoms. The lowest BCUT2D eigenvalue weighted by Crippen LogP contribution is -2.32. The van der Waals surface area contributed by atoms with Crippen LogP contribution < -0.4 is 10.6 Å². The number of phenols is 1. The number of hydrogen-bond donors (Lipinski definition) is 3. The van der Waals surface area contributed by atoms with Crippen LogP contribution in [-0.2, 0) is 4.79 Å². The number of aliphatic hydroxyl groups is 1. The third-order valence-corrected chi connectivity index (χ3v) is 2.35. The van der Waals surface area contributed by atoms with Gasteiger partial charge in [-0.25, -0.2) is 9.79 Å². The maximum atomic E-state index is 10.7. The van der Waals surface area contributed by atoms with Gasteiger partial charge in [0.15, 0.2) is 0 Å². The average Bonchev–Trinajstić information content (AvgIpc) is 2.51. The standard InChI is InChI=1S/C10H9NO4/c1-5-2-3-7-6(8(5)12)4-10(15,11-7)9(13)14/h2-4,12,15H,1H3,(H,13,14). The van der Waals surface area contributed by atoms with Gasteiger partial charge in [0.2, 0.25) is 0 Å². The van der Waals surface area contributed by atoms with Gasteiger partial charge in [-0.05, 0) is 24.6 Å². The summed E-state index contributed by atoms with van der Waals surface area (Å²) < 4.78 is 0. The highest BCUT2D eigenvalue weighted by molar-refractivity contribution is 5.85. The number of fused-ring (bicyclic) bond motifs is 1. The topological polar surface area (TPSA) is 90.1 Å². The molecule has 5 heteroatoms. The van der Waals surface area contributed by atoms with Gasteiger partial charge in [0.1, 0.15) is 5.75 Å². The number of phenolic OH excluding ortho intramolecular Hbond substituents is 1. The monoisotopic (exact) mass is 207 g/mol. The molecule has 78 valence electrons. The van der Waals surface area contributed by atoms with Crippen LogP contribution in [0.3, 0.4) is 0 Å². The van der Waals surface area contributed by atoms with Gasteiger partial charge in [-0.3, -0.25) is 0 Å². The summed E-state index contributed by atoms with van der Waals surface area (Å²) in [5, 5.41) is 28.5. The predicted octanol–water partition coefficient (Wildman–Crippen LogP) is -1.11. The summed E-state index contributed by atoms with van der Waals surface area (Å²) in [6.07, 6.45) is 1.03. The number of aliphatic carboxylic acids is 1. The molecular formula is C10H9NO4. The zero-order valence-corrected chi connectivity index (χ0v) is 7.93. The fourth-order valence-corrected chi connectivity index (χ4v) is 1.47. The minimum atomic E-state index is -2.26. The SMILES string of the molecule is Cc1ccc2c(c1O)=CC(O)(C(=O)O)N=2. The van der Waals surface area contributed by atoms with E-state index in [1.807, 2.05) is 0 Å². The van der Waals surface area contributed by atoms with Crippen molar-refractivity contribution in [3.8, 4) is 5.75 Å². The van der Waals surface area contributed by atoms with Gasteiger partial charge in [0, 0.05) is 5.22 Å². The van der Waals surface area contributed by atoms with Crippen LogP contribution in [0.15, 0.2) is 17.1 Å². The molecule has 0 spiro atoms. The van der Waals surface area contributed by atoms with Crippen LogP contribution in [0.25, 0.3) is 6.08 Å². The molecule has 0 fully saturated rings. The van der Waals surface area contributed by atoms with Crippen molar-refractivity contribution in [2.75, 3.05) is 0 Å². The van der Waals surface area contributed by atoms with Crippen molar-refractivity contribution in [3.05, 3.63) is 28.3 Å². The molecule has 1 aliphatic rings. The highest BCUT2D eigenvalue weighted by Gasteiger charge is 2.35. The number of carboxylic acid groups (broad SMARTS) is 1. The summed E-state index contributed by atoms with van der Waals surface area (Å²) in [6, 6.07) is 3.17. The third-order valence-electron chi connectivity index (χ3n) is 2.35. The molecule has 2 rings (SSSR count). The highest BCUT2D eigenvalue weighted by atomic mass is 16.4. The zero-order valence-electron chi connectivity index (χ0n) is 7.93. The van der Waals surface area contributed by atoms with Crippen molar-refractivity contribution < 1.29 is 20.1 Å². The largest absolute Gasteiger partial charge is 0.507 e. The van der Waals surface area contributed by atoms with Crippen molar-refractivity contribution in [2.45, 2.75) is 12.6 Å². The molecule has 1 unspecified atom stereocenters. The van der Waals surface area contributed by atoms with Crippen molar-refractivity contribution in [3.63, 3.8) is 0 Å². The molecule has 0 saturated carbocycles. The van der Waals surface area contributed by atoms with Gasteiger partial charge in [0.05, 0.1) is 5.36 Å². The van der Waals surface area contributed by atoms with Crippen LogP contribution in [0.5, 0.6) is 5.75 Å². The molecule has 1 aromatic carbocycles. The molecule has 5 nitrogen and oxygen atoms in total. The molecule has 0 amide bonds. The lowest BCUT2D eigenvalue weighted by atomic mass is 10.1. The Morgan fingerprint density at radius 3 is 2.73 bits per heavy atom. The van der Waals surface area contributed by atoms with Crippen molar-refractivity contribution in [1.82, 2.24) is 0 Å². The van der Waals surface area contributed by atoms with Gasteiger partial charge >= 0.3 is 5.97 Å². The Morgan fingerprint density at radius 1 is 1.47 bits per heavy atom. The van der Waals surface area contributed by atoms with Crippen LogP contribution in [0.2, 0.25) is 0 Å². The lowest BCUT2D eigenvalue weighted by molar-refractivity contribution is -0.151. The van der Waals surface area contributed by atoms with Gasteiger partial charge < -0.3 is 15.3 Å². The van der Waals surface area contributed by atoms with E-state index in [1.165, 1.54) is 0 Å². The van der Waals surface area contributed by atoms with Crippen molar-refractivity contribution in [1.29, 1.82) is 0 Å². The molecule has 15 heavy (non-hydrogen) atoms. The Hall–Kier alpha value is -1.88. The van der Waals surface area contributed by atoms with E-state index < -0.39 is 11.7 Å². The number of hydrogen-bond acceptors (Lipinski definition) is 4. The first-order chi connectivity index (χ1) is 6.94. The molecule has 0 radical (unpaired) electrons. The maximum Gasteiger partial charge on any atom is 0.363 e. The summed E-state index contributed by atoms with van der Waals surface area (Å²) in [5.74, 6) is -1.51. The number of benzene rings is 1. The summed E-state index contributed by atoms with van der Waals surface area (Å²) >= 11 is 0. The molecule has 1 aromatic rings. The van der Waals surface area contributed by atoms with E-state index in [4.69, 9.17) is 5.11 Å². The molecule has 3 N–H and O–H groups in total. The quantitative estimate of drug-likeness (QED) is 0.544. The van der Waals surface area contributed by atoms with E-state index in [2.05, 4.69) is 4.99 Å². The molecule has 1 atom stereocenters. The van der Waals surface area contributed by atoms with Crippen LogP contribution in [-0.4, -0.2) is 27.0 Å². The normalized spacial score (nSPS) is 22.8. The number of carboxylic acids is 1. The Balaban J connectivity index is 2.79. The minimum Gasteiger partial charge on any atom is -0.507 e. The maximum absolute atomic E-state index is 10.7. The predicted molar refractivity (Wildman–Crippen MR) is 50.7 cm³/mol. The first-order valence-electron chi connectivity index (χ1n) is 4.31. The van der Waals surface area contributed by atoms with E-state index >= 15 is 0 Å². The number of nitrogens with zero attached hydrogens (tertiary/aromatic N) is 1. The summed E-state index contributed by atoms with van der Waals surface area (Å²) in [7, 11) is 0. The molecular weight excluding hydrogens is 198 g/mol. The smallest absolute Gasteiger partial charge is 0.363 e. The second kappa shape index (κ2) is 2.80. The van der Waals surface area contributed by atoms with E-state index in [0.29, 0.717) is 5.56 Å². The van der Waals surface area contributed by atoms with Crippen LogP contribution in [0.1, 0.15) is 5.56 Å². The Kier molecular flexibility index (Phi) is 1.81. The summed E-state index contributed by atoms with van der Waals surface area (Å²) in [6.45, 7) is 1.68. The molecule has 1 heterocycles. The van der Waals surface area contributed by atoms with Crippen molar-refractivity contribution >= 4 is 12.0 Å². The van der Waals surface area contributed by atoms with Crippen LogP contribution in [0.4, 0.5) is 0 Å². The zero-order chi connectivity index (χ0) is 11.2. The highest BCUT2D eigenvalue weighted by Crippen LogP contribution is 2.15. The van der Waals surface area contributed by atoms with Crippen molar-refractivity contribution in [2.24, 2.45) is 4.99 Å². The fourth-order valence-electron chi connectivity index (χ4n) is 1.47. The van der Waals surface area contributed by atoms with E-state index in [1.54, 1.807) is 19.1 Å². The fraction of sp³-hybridized carbons (Fsp3) is 0.200. The second-order valence-electron chi connectivity index (χ2n) is 3.45. The molecule has 1 aliphatic heterocycles. The second-order valence-corrected chi connectivity index (χ2v) is 3.45. The van der Waals surface area contributed by atoms with E-state index in [9.17, 15) is 15.0 Å². The lowest BCUT2D eigenvalue weighted by Gasteiger charge is -2.08.